The number of hydrogen-bond acceptors (Lipinski definition) is 4. The first kappa shape index (κ1) is 10.1. The van der Waals surface area contributed by atoms with Gasteiger partial charge in [-0.25, -0.2) is 4.79 Å². The van der Waals surface area contributed by atoms with Crippen LogP contribution in [0.25, 0.3) is 0 Å². The van der Waals surface area contributed by atoms with E-state index in [1.807, 2.05) is 0 Å². The second kappa shape index (κ2) is 2.98. The molecule has 0 aromatic rings. The minimum Gasteiger partial charge on any atom is -0.479 e. The van der Waals surface area contributed by atoms with Crippen LogP contribution in [0.15, 0.2) is 0 Å². The Hall–Kier alpha value is -0.940. The van der Waals surface area contributed by atoms with Crippen LogP contribution < -0.4 is 5.73 Å². The molecule has 5 nitrogen and oxygen atoms in total. The first-order chi connectivity index (χ1) is 4.80. The third-order valence-corrected chi connectivity index (χ3v) is 1.31. The standard InChI is InChI=1S/C6H11NO4/c1-3(7)4(8)6(2,11)5(9)10/h3,11H,7H2,1-2H3,(H,9,10)/t3-,6+/m0/s1. The predicted octanol–water partition coefficient (Wildman–Crippen LogP) is -1.26. The van der Waals surface area contributed by atoms with Gasteiger partial charge in [-0.15, -0.1) is 0 Å². The molecular formula is C6H11NO4. The van der Waals surface area contributed by atoms with Crippen LogP contribution in [0.1, 0.15) is 13.8 Å². The molecule has 0 spiro atoms. The van der Waals surface area contributed by atoms with E-state index in [0.717, 1.165) is 6.92 Å². The van der Waals surface area contributed by atoms with Crippen LogP contribution in [0.5, 0.6) is 0 Å². The molecule has 0 aliphatic heterocycles. The Morgan fingerprint density at radius 2 is 1.91 bits per heavy atom. The molecular weight excluding hydrogens is 150 g/mol. The average Bonchev–Trinajstić information content (AvgIpc) is 1.85. The van der Waals surface area contributed by atoms with Gasteiger partial charge < -0.3 is 15.9 Å². The topological polar surface area (TPSA) is 101 Å². The average molecular weight is 161 g/mol. The molecule has 0 bridgehead atoms. The van der Waals surface area contributed by atoms with Crippen molar-refractivity contribution < 1.29 is 19.8 Å². The number of hydrogen-bond donors (Lipinski definition) is 3. The van der Waals surface area contributed by atoms with E-state index in [9.17, 15) is 9.59 Å². The van der Waals surface area contributed by atoms with E-state index < -0.39 is 23.4 Å². The molecule has 0 aliphatic rings. The van der Waals surface area contributed by atoms with Gasteiger partial charge >= 0.3 is 5.97 Å². The summed E-state index contributed by atoms with van der Waals surface area (Å²) < 4.78 is 0. The molecule has 0 heterocycles. The first-order valence-electron chi connectivity index (χ1n) is 3.05. The summed E-state index contributed by atoms with van der Waals surface area (Å²) in [5.41, 5.74) is 2.72. The number of nitrogens with two attached hydrogens (primary N) is 1. The van der Waals surface area contributed by atoms with Crippen molar-refractivity contribution in [1.82, 2.24) is 0 Å². The van der Waals surface area contributed by atoms with Gasteiger partial charge in [0, 0.05) is 0 Å². The molecule has 2 atom stereocenters. The number of Topliss-reactive ketones (excluding diaryl/α,β-unsaturated/α-hetero) is 1. The van der Waals surface area contributed by atoms with E-state index in [1.54, 1.807) is 0 Å². The van der Waals surface area contributed by atoms with Crippen molar-refractivity contribution in [1.29, 1.82) is 0 Å². The highest BCUT2D eigenvalue weighted by Crippen LogP contribution is 2.06. The summed E-state index contributed by atoms with van der Waals surface area (Å²) in [7, 11) is 0. The van der Waals surface area contributed by atoms with Crippen LogP contribution in [0.4, 0.5) is 0 Å². The summed E-state index contributed by atoms with van der Waals surface area (Å²) in [4.78, 5) is 21.1. The molecule has 64 valence electrons. The van der Waals surface area contributed by atoms with Crippen molar-refractivity contribution in [2.45, 2.75) is 25.5 Å². The summed E-state index contributed by atoms with van der Waals surface area (Å²) in [5, 5.41) is 17.3. The monoisotopic (exact) mass is 161 g/mol. The third-order valence-electron chi connectivity index (χ3n) is 1.31. The van der Waals surface area contributed by atoms with Gasteiger partial charge in [-0.1, -0.05) is 0 Å². The molecule has 0 saturated carbocycles. The van der Waals surface area contributed by atoms with Gasteiger partial charge in [0.15, 0.2) is 5.78 Å². The molecule has 0 radical (unpaired) electrons. The van der Waals surface area contributed by atoms with E-state index in [0.29, 0.717) is 0 Å². The van der Waals surface area contributed by atoms with Crippen LogP contribution in [-0.2, 0) is 9.59 Å². The summed E-state index contributed by atoms with van der Waals surface area (Å²) in [6.07, 6.45) is 0. The summed E-state index contributed by atoms with van der Waals surface area (Å²) >= 11 is 0. The number of aliphatic carboxylic acids is 1. The zero-order valence-electron chi connectivity index (χ0n) is 6.37. The predicted molar refractivity (Wildman–Crippen MR) is 36.9 cm³/mol. The molecule has 0 aromatic carbocycles. The van der Waals surface area contributed by atoms with Gasteiger partial charge in [0.25, 0.3) is 0 Å². The molecule has 0 aliphatic carbocycles. The van der Waals surface area contributed by atoms with E-state index in [2.05, 4.69) is 0 Å². The van der Waals surface area contributed by atoms with Crippen molar-refractivity contribution in [3.05, 3.63) is 0 Å². The maximum absolute atomic E-state index is 10.9. The fraction of sp³-hybridized carbons (Fsp3) is 0.667. The number of rotatable bonds is 3. The lowest BCUT2D eigenvalue weighted by Gasteiger charge is -2.17. The van der Waals surface area contributed by atoms with E-state index >= 15 is 0 Å². The van der Waals surface area contributed by atoms with Crippen LogP contribution in [0.2, 0.25) is 0 Å². The van der Waals surface area contributed by atoms with Crippen LogP contribution >= 0.6 is 0 Å². The van der Waals surface area contributed by atoms with Gasteiger partial charge in [0.05, 0.1) is 6.04 Å². The van der Waals surface area contributed by atoms with Crippen LogP contribution in [0, 0.1) is 0 Å². The second-order valence-corrected chi connectivity index (χ2v) is 2.53. The van der Waals surface area contributed by atoms with Crippen molar-refractivity contribution in [3.8, 4) is 0 Å². The fourth-order valence-corrected chi connectivity index (χ4v) is 0.549. The van der Waals surface area contributed by atoms with Crippen LogP contribution in [0.3, 0.4) is 0 Å². The summed E-state index contributed by atoms with van der Waals surface area (Å²) in [6.45, 7) is 2.22. The summed E-state index contributed by atoms with van der Waals surface area (Å²) in [5.74, 6) is -2.48. The fourth-order valence-electron chi connectivity index (χ4n) is 0.549. The van der Waals surface area contributed by atoms with Crippen molar-refractivity contribution in [2.75, 3.05) is 0 Å². The Labute approximate surface area is 63.8 Å². The molecule has 4 N–H and O–H groups in total. The van der Waals surface area contributed by atoms with Gasteiger partial charge in [0.2, 0.25) is 5.60 Å². The minimum absolute atomic E-state index is 0.898. The van der Waals surface area contributed by atoms with Gasteiger partial charge in [0.1, 0.15) is 0 Å². The molecule has 11 heavy (non-hydrogen) atoms. The maximum atomic E-state index is 10.9. The highest BCUT2D eigenvalue weighted by atomic mass is 16.4. The van der Waals surface area contributed by atoms with Crippen molar-refractivity contribution in [2.24, 2.45) is 5.73 Å². The van der Waals surface area contributed by atoms with Crippen molar-refractivity contribution in [3.63, 3.8) is 0 Å². The normalized spacial score (nSPS) is 18.5. The molecule has 0 unspecified atom stereocenters. The highest BCUT2D eigenvalue weighted by Gasteiger charge is 2.40. The number of carbonyl (C=O) groups excluding carboxylic acids is 1. The molecule has 0 aromatic heterocycles. The number of aliphatic hydroxyl groups is 1. The lowest BCUT2D eigenvalue weighted by atomic mass is 9.97. The quantitative estimate of drug-likeness (QED) is 0.448. The lowest BCUT2D eigenvalue weighted by molar-refractivity contribution is -0.163. The zero-order valence-corrected chi connectivity index (χ0v) is 6.37. The Morgan fingerprint density at radius 1 is 1.55 bits per heavy atom. The number of carboxylic acid groups (broad SMARTS) is 1. The number of carbonyl (C=O) groups is 2. The molecule has 0 rings (SSSR count). The Morgan fingerprint density at radius 3 is 2.00 bits per heavy atom. The maximum Gasteiger partial charge on any atom is 0.343 e. The molecule has 0 fully saturated rings. The highest BCUT2D eigenvalue weighted by molar-refractivity contribution is 6.07. The van der Waals surface area contributed by atoms with Gasteiger partial charge in [-0.05, 0) is 13.8 Å². The Bertz CT molecular complexity index is 185. The largest absolute Gasteiger partial charge is 0.479 e. The molecule has 5 heteroatoms. The first-order valence-corrected chi connectivity index (χ1v) is 3.05. The van der Waals surface area contributed by atoms with Crippen molar-refractivity contribution >= 4 is 11.8 Å². The van der Waals surface area contributed by atoms with E-state index in [4.69, 9.17) is 15.9 Å². The zero-order chi connectivity index (χ0) is 9.23. The Kier molecular flexibility index (Phi) is 2.72. The minimum atomic E-state index is -2.37. The lowest BCUT2D eigenvalue weighted by Crippen LogP contribution is -2.50. The number of ketones is 1. The smallest absolute Gasteiger partial charge is 0.343 e. The summed E-state index contributed by atoms with van der Waals surface area (Å²) in [6, 6.07) is -0.971. The van der Waals surface area contributed by atoms with Crippen LogP contribution in [-0.4, -0.2) is 33.6 Å². The molecule has 0 saturated heterocycles. The van der Waals surface area contributed by atoms with Gasteiger partial charge in [-0.3, -0.25) is 4.79 Å². The van der Waals surface area contributed by atoms with E-state index in [1.165, 1.54) is 6.92 Å². The second-order valence-electron chi connectivity index (χ2n) is 2.53. The number of carboxylic acids is 1. The van der Waals surface area contributed by atoms with Gasteiger partial charge in [-0.2, -0.15) is 0 Å². The SMILES string of the molecule is C[C@H](N)C(=O)[C@@](C)(O)C(=O)O. The Balaban J connectivity index is 4.56. The third kappa shape index (κ3) is 1.99. The van der Waals surface area contributed by atoms with E-state index in [-0.39, 0.29) is 0 Å². The molecule has 0 amide bonds.